The molecule has 1 saturated heterocycles. The highest BCUT2D eigenvalue weighted by Crippen LogP contribution is 2.41. The number of ketones is 1. The number of ether oxygens (including phenoxy) is 1. The Hall–Kier alpha value is -2.02. The Morgan fingerprint density at radius 3 is 2.37 bits per heavy atom. The molecule has 0 N–H and O–H groups in total. The van der Waals surface area contributed by atoms with Crippen molar-refractivity contribution in [1.82, 2.24) is 4.31 Å². The van der Waals surface area contributed by atoms with E-state index in [1.165, 1.54) is 4.31 Å². The van der Waals surface area contributed by atoms with Gasteiger partial charge in [0.2, 0.25) is 10.0 Å². The van der Waals surface area contributed by atoms with E-state index in [-0.39, 0.29) is 23.2 Å². The highest BCUT2D eigenvalue weighted by molar-refractivity contribution is 7.89. The van der Waals surface area contributed by atoms with Crippen LogP contribution in [-0.4, -0.2) is 31.3 Å². The Morgan fingerprint density at radius 1 is 1.04 bits per heavy atom. The zero-order chi connectivity index (χ0) is 19.0. The average molecular weight is 385 g/mol. The van der Waals surface area contributed by atoms with Gasteiger partial charge in [-0.25, -0.2) is 8.42 Å². The number of hydrogen-bond acceptors (Lipinski definition) is 4. The summed E-state index contributed by atoms with van der Waals surface area (Å²) in [6.45, 7) is 2.17. The molecular formula is C21H23NO4S. The lowest BCUT2D eigenvalue weighted by molar-refractivity contribution is -0.125. The minimum absolute atomic E-state index is 0.0952. The van der Waals surface area contributed by atoms with E-state index in [1.54, 1.807) is 24.3 Å². The van der Waals surface area contributed by atoms with E-state index in [0.29, 0.717) is 12.8 Å². The van der Waals surface area contributed by atoms with Gasteiger partial charge in [-0.1, -0.05) is 48.0 Å². The van der Waals surface area contributed by atoms with E-state index in [1.807, 2.05) is 37.3 Å². The van der Waals surface area contributed by atoms with Crippen molar-refractivity contribution in [3.05, 3.63) is 65.7 Å². The standard InChI is InChI=1S/C21H23NO4S/c1-15-10-12-17(13-11-15)27(24,25)22-19(16-6-3-2-4-7-16)14-26-21(22)18-8-5-9-20(18)23/h2-4,6-7,10-13,18-19,21H,5,8-9,14H2,1H3/t18-,19-,21-/m1/s1. The maximum atomic E-state index is 13.5. The smallest absolute Gasteiger partial charge is 0.245 e. The lowest BCUT2D eigenvalue weighted by Crippen LogP contribution is -2.43. The fraction of sp³-hybridized carbons (Fsp3) is 0.381. The molecule has 3 atom stereocenters. The summed E-state index contributed by atoms with van der Waals surface area (Å²) in [5, 5.41) is 0. The molecule has 1 heterocycles. The molecule has 1 aliphatic carbocycles. The number of carbonyl (C=O) groups is 1. The summed E-state index contributed by atoms with van der Waals surface area (Å²) in [6.07, 6.45) is 1.22. The lowest BCUT2D eigenvalue weighted by Gasteiger charge is -2.30. The third-order valence-electron chi connectivity index (χ3n) is 5.46. The largest absolute Gasteiger partial charge is 0.359 e. The van der Waals surface area contributed by atoms with Crippen LogP contribution in [0.1, 0.15) is 36.4 Å². The zero-order valence-corrected chi connectivity index (χ0v) is 16.1. The molecule has 142 valence electrons. The van der Waals surface area contributed by atoms with Crippen LogP contribution in [0.4, 0.5) is 0 Å². The number of sulfonamides is 1. The normalized spacial score (nSPS) is 26.6. The first-order chi connectivity index (χ1) is 13.0. The zero-order valence-electron chi connectivity index (χ0n) is 15.2. The molecule has 6 heteroatoms. The van der Waals surface area contributed by atoms with Crippen LogP contribution in [-0.2, 0) is 19.6 Å². The molecule has 0 bridgehead atoms. The van der Waals surface area contributed by atoms with Crippen LogP contribution >= 0.6 is 0 Å². The second-order valence-electron chi connectivity index (χ2n) is 7.26. The first-order valence-electron chi connectivity index (χ1n) is 9.28. The molecule has 0 amide bonds. The summed E-state index contributed by atoms with van der Waals surface area (Å²) in [5.74, 6) is -0.295. The fourth-order valence-electron chi connectivity index (χ4n) is 4.01. The molecule has 27 heavy (non-hydrogen) atoms. The van der Waals surface area contributed by atoms with E-state index >= 15 is 0 Å². The second-order valence-corrected chi connectivity index (χ2v) is 9.11. The van der Waals surface area contributed by atoms with Gasteiger partial charge in [-0.3, -0.25) is 4.79 Å². The molecule has 0 spiro atoms. The summed E-state index contributed by atoms with van der Waals surface area (Å²) in [4.78, 5) is 12.6. The number of carbonyl (C=O) groups excluding carboxylic acids is 1. The number of rotatable bonds is 4. The van der Waals surface area contributed by atoms with Crippen LogP contribution in [0.3, 0.4) is 0 Å². The molecule has 2 aromatic carbocycles. The van der Waals surface area contributed by atoms with Crippen LogP contribution in [0.5, 0.6) is 0 Å². The Morgan fingerprint density at radius 2 is 1.74 bits per heavy atom. The quantitative estimate of drug-likeness (QED) is 0.809. The Labute approximate surface area is 160 Å². The van der Waals surface area contributed by atoms with Gasteiger partial charge < -0.3 is 4.74 Å². The summed E-state index contributed by atoms with van der Waals surface area (Å²) in [7, 11) is -3.81. The highest BCUT2D eigenvalue weighted by atomic mass is 32.2. The predicted molar refractivity (Wildman–Crippen MR) is 101 cm³/mol. The molecule has 1 saturated carbocycles. The number of Topliss-reactive ketones (excluding diaryl/α,β-unsaturated/α-hetero) is 1. The summed E-state index contributed by atoms with van der Waals surface area (Å²) in [5.41, 5.74) is 1.87. The van der Waals surface area contributed by atoms with Gasteiger partial charge in [0, 0.05) is 6.42 Å². The highest BCUT2D eigenvalue weighted by Gasteiger charge is 2.49. The van der Waals surface area contributed by atoms with E-state index in [0.717, 1.165) is 17.5 Å². The molecular weight excluding hydrogens is 362 g/mol. The van der Waals surface area contributed by atoms with Crippen molar-refractivity contribution < 1.29 is 17.9 Å². The summed E-state index contributed by atoms with van der Waals surface area (Å²) in [6, 6.07) is 15.9. The van der Waals surface area contributed by atoms with Crippen molar-refractivity contribution in [3.63, 3.8) is 0 Å². The van der Waals surface area contributed by atoms with Crippen molar-refractivity contribution in [2.45, 2.75) is 43.4 Å². The topological polar surface area (TPSA) is 63.7 Å². The van der Waals surface area contributed by atoms with E-state index < -0.39 is 22.3 Å². The third kappa shape index (κ3) is 3.33. The van der Waals surface area contributed by atoms with Crippen molar-refractivity contribution >= 4 is 15.8 Å². The maximum absolute atomic E-state index is 13.5. The lowest BCUT2D eigenvalue weighted by atomic mass is 10.0. The summed E-state index contributed by atoms with van der Waals surface area (Å²) >= 11 is 0. The second kappa shape index (κ2) is 7.19. The van der Waals surface area contributed by atoms with Crippen molar-refractivity contribution in [3.8, 4) is 0 Å². The number of aryl methyl sites for hydroxylation is 1. The van der Waals surface area contributed by atoms with Crippen molar-refractivity contribution in [2.24, 2.45) is 5.92 Å². The Kier molecular flexibility index (Phi) is 4.88. The molecule has 4 rings (SSSR count). The van der Waals surface area contributed by atoms with Gasteiger partial charge in [0.25, 0.3) is 0 Å². The Bertz CT molecular complexity index is 924. The van der Waals surface area contributed by atoms with Crippen molar-refractivity contribution in [1.29, 1.82) is 0 Å². The van der Waals surface area contributed by atoms with E-state index in [2.05, 4.69) is 0 Å². The molecule has 5 nitrogen and oxygen atoms in total. The van der Waals surface area contributed by atoms with Gasteiger partial charge in [-0.05, 0) is 37.5 Å². The average Bonchev–Trinajstić information content (AvgIpc) is 3.29. The molecule has 2 aromatic rings. The minimum atomic E-state index is -3.81. The maximum Gasteiger partial charge on any atom is 0.245 e. The van der Waals surface area contributed by atoms with Gasteiger partial charge in [0.05, 0.1) is 23.5 Å². The van der Waals surface area contributed by atoms with Crippen LogP contribution in [0.2, 0.25) is 0 Å². The number of hydrogen-bond donors (Lipinski definition) is 0. The molecule has 1 aliphatic heterocycles. The minimum Gasteiger partial charge on any atom is -0.359 e. The number of benzene rings is 2. The van der Waals surface area contributed by atoms with Gasteiger partial charge >= 0.3 is 0 Å². The van der Waals surface area contributed by atoms with Crippen molar-refractivity contribution in [2.75, 3.05) is 6.61 Å². The first-order valence-corrected chi connectivity index (χ1v) is 10.7. The van der Waals surface area contributed by atoms with E-state index in [9.17, 15) is 13.2 Å². The first kappa shape index (κ1) is 18.3. The van der Waals surface area contributed by atoms with Crippen LogP contribution in [0, 0.1) is 12.8 Å². The Balaban J connectivity index is 1.78. The molecule has 2 fully saturated rings. The van der Waals surface area contributed by atoms with Crippen LogP contribution in [0.15, 0.2) is 59.5 Å². The van der Waals surface area contributed by atoms with Gasteiger partial charge in [0.1, 0.15) is 12.0 Å². The van der Waals surface area contributed by atoms with E-state index in [4.69, 9.17) is 4.74 Å². The van der Waals surface area contributed by atoms with Gasteiger partial charge in [-0.15, -0.1) is 0 Å². The number of nitrogens with zero attached hydrogens (tertiary/aromatic N) is 1. The fourth-order valence-corrected chi connectivity index (χ4v) is 5.73. The SMILES string of the molecule is Cc1ccc(S(=O)(=O)N2[C@@H](c3ccccc3)CO[C@@H]2[C@@H]2CCCC2=O)cc1. The molecule has 0 unspecified atom stereocenters. The third-order valence-corrected chi connectivity index (χ3v) is 7.34. The van der Waals surface area contributed by atoms with Crippen LogP contribution < -0.4 is 0 Å². The molecule has 2 aliphatic rings. The van der Waals surface area contributed by atoms with Gasteiger partial charge in [0.15, 0.2) is 0 Å². The summed E-state index contributed by atoms with van der Waals surface area (Å²) < 4.78 is 34.5. The monoisotopic (exact) mass is 385 g/mol. The molecule has 0 radical (unpaired) electrons. The van der Waals surface area contributed by atoms with Crippen LogP contribution in [0.25, 0.3) is 0 Å². The van der Waals surface area contributed by atoms with Gasteiger partial charge in [-0.2, -0.15) is 4.31 Å². The predicted octanol–water partition coefficient (Wildman–Crippen LogP) is 3.45. The molecule has 0 aromatic heterocycles.